The van der Waals surface area contributed by atoms with Crippen molar-refractivity contribution in [3.05, 3.63) is 47.2 Å². The smallest absolute Gasteiger partial charge is 0.161 e. The van der Waals surface area contributed by atoms with Crippen LogP contribution < -0.4 is 5.73 Å². The number of carbonyl (C=O) groups is 1. The lowest BCUT2D eigenvalue weighted by Crippen LogP contribution is -2.11. The van der Waals surface area contributed by atoms with E-state index in [1.165, 1.54) is 18.6 Å². The highest BCUT2D eigenvalue weighted by Gasteiger charge is 2.16. The fourth-order valence-electron chi connectivity index (χ4n) is 2.17. The predicted octanol–water partition coefficient (Wildman–Crippen LogP) is 4.11. The molecule has 1 aliphatic carbocycles. The Labute approximate surface area is 139 Å². The molecule has 0 aromatic heterocycles. The van der Waals surface area contributed by atoms with E-state index in [1.54, 1.807) is 13.8 Å². The quantitative estimate of drug-likeness (QED) is 0.484. The maximum absolute atomic E-state index is 11.2. The number of ketones is 1. The van der Waals surface area contributed by atoms with E-state index in [-0.39, 0.29) is 11.2 Å². The van der Waals surface area contributed by atoms with Crippen LogP contribution in [-0.2, 0) is 4.79 Å². The monoisotopic (exact) mass is 313 g/mol. The summed E-state index contributed by atoms with van der Waals surface area (Å²) in [5.41, 5.74) is 8.61. The van der Waals surface area contributed by atoms with Crippen molar-refractivity contribution >= 4 is 17.5 Å². The molecular formula is C19H27N3O. The molecule has 4 heteroatoms. The third-order valence-corrected chi connectivity index (χ3v) is 3.22. The zero-order chi connectivity index (χ0) is 17.6. The molecule has 1 rings (SSSR count). The third-order valence-electron chi connectivity index (χ3n) is 3.22. The first kappa shape index (κ1) is 18.8. The van der Waals surface area contributed by atoms with Gasteiger partial charge in [-0.25, -0.2) is 9.98 Å². The Bertz CT molecular complexity index is 647. The minimum Gasteiger partial charge on any atom is -0.387 e. The van der Waals surface area contributed by atoms with Gasteiger partial charge in [-0.3, -0.25) is 4.79 Å². The van der Waals surface area contributed by atoms with E-state index in [0.717, 1.165) is 12.0 Å². The van der Waals surface area contributed by atoms with Gasteiger partial charge in [-0.1, -0.05) is 45.1 Å². The third kappa shape index (κ3) is 6.59. The molecule has 2 N–H and O–H groups in total. The van der Waals surface area contributed by atoms with Crippen LogP contribution in [0.4, 0.5) is 0 Å². The molecule has 0 atom stereocenters. The van der Waals surface area contributed by atoms with Crippen LogP contribution in [0.3, 0.4) is 0 Å². The van der Waals surface area contributed by atoms with E-state index < -0.39 is 0 Å². The lowest BCUT2D eigenvalue weighted by molar-refractivity contribution is -0.112. The Hall–Kier alpha value is -2.23. The number of amidine groups is 2. The number of nitrogens with zero attached hydrogens (tertiary/aromatic N) is 2. The SMILES string of the molecule is CC(=O)/C=C(\C)N=C(N=C(C)N)C1=CCC=C(C(C)(C)C)C=C1. The molecule has 1 aliphatic rings. The normalized spacial score (nSPS) is 17.6. The molecule has 0 aromatic carbocycles. The maximum Gasteiger partial charge on any atom is 0.161 e. The Kier molecular flexibility index (Phi) is 6.43. The summed E-state index contributed by atoms with van der Waals surface area (Å²) in [6.45, 7) is 11.6. The highest BCUT2D eigenvalue weighted by Crippen LogP contribution is 2.29. The molecule has 0 radical (unpaired) electrons. The second-order valence-corrected chi connectivity index (χ2v) is 6.72. The minimum absolute atomic E-state index is 0.0406. The lowest BCUT2D eigenvalue weighted by atomic mass is 9.86. The first-order valence-corrected chi connectivity index (χ1v) is 7.77. The molecule has 0 spiro atoms. The van der Waals surface area contributed by atoms with Gasteiger partial charge in [0, 0.05) is 17.3 Å². The molecular weight excluding hydrogens is 286 g/mol. The van der Waals surface area contributed by atoms with Crippen LogP contribution in [-0.4, -0.2) is 17.5 Å². The Morgan fingerprint density at radius 1 is 1.13 bits per heavy atom. The zero-order valence-corrected chi connectivity index (χ0v) is 15.0. The maximum atomic E-state index is 11.2. The van der Waals surface area contributed by atoms with Crippen LogP contribution in [0.1, 0.15) is 48.0 Å². The molecule has 4 nitrogen and oxygen atoms in total. The lowest BCUT2D eigenvalue weighted by Gasteiger charge is -2.19. The predicted molar refractivity (Wildman–Crippen MR) is 98.5 cm³/mol. The summed E-state index contributed by atoms with van der Waals surface area (Å²) >= 11 is 0. The molecule has 124 valence electrons. The minimum atomic E-state index is -0.0406. The van der Waals surface area contributed by atoms with Crippen LogP contribution in [0, 0.1) is 5.41 Å². The van der Waals surface area contributed by atoms with Gasteiger partial charge in [0.1, 0.15) is 0 Å². The van der Waals surface area contributed by atoms with Crippen molar-refractivity contribution in [1.82, 2.24) is 0 Å². The van der Waals surface area contributed by atoms with Crippen LogP contribution >= 0.6 is 0 Å². The highest BCUT2D eigenvalue weighted by molar-refractivity contribution is 6.07. The summed E-state index contributed by atoms with van der Waals surface area (Å²) in [5.74, 6) is 0.919. The van der Waals surface area contributed by atoms with E-state index in [1.807, 2.05) is 6.08 Å². The number of hydrogen-bond donors (Lipinski definition) is 1. The largest absolute Gasteiger partial charge is 0.387 e. The summed E-state index contributed by atoms with van der Waals surface area (Å²) in [6.07, 6.45) is 10.7. The highest BCUT2D eigenvalue weighted by atomic mass is 16.1. The van der Waals surface area contributed by atoms with Crippen molar-refractivity contribution in [3.63, 3.8) is 0 Å². The second kappa shape index (κ2) is 7.86. The van der Waals surface area contributed by atoms with E-state index >= 15 is 0 Å². The van der Waals surface area contributed by atoms with Gasteiger partial charge in [0.05, 0.1) is 5.84 Å². The van der Waals surface area contributed by atoms with Gasteiger partial charge in [0.15, 0.2) is 11.6 Å². The van der Waals surface area contributed by atoms with E-state index in [0.29, 0.717) is 17.4 Å². The van der Waals surface area contributed by atoms with Gasteiger partial charge in [0.25, 0.3) is 0 Å². The van der Waals surface area contributed by atoms with Crippen molar-refractivity contribution < 1.29 is 4.79 Å². The summed E-state index contributed by atoms with van der Waals surface area (Å²) in [5, 5.41) is 0. The molecule has 0 aliphatic heterocycles. The molecule has 0 saturated carbocycles. The number of hydrogen-bond acceptors (Lipinski definition) is 2. The molecule has 0 bridgehead atoms. The van der Waals surface area contributed by atoms with E-state index in [9.17, 15) is 4.79 Å². The van der Waals surface area contributed by atoms with Gasteiger partial charge < -0.3 is 5.73 Å². The Morgan fingerprint density at radius 2 is 1.78 bits per heavy atom. The fourth-order valence-corrected chi connectivity index (χ4v) is 2.17. The van der Waals surface area contributed by atoms with Crippen molar-refractivity contribution in [1.29, 1.82) is 0 Å². The second-order valence-electron chi connectivity index (χ2n) is 6.72. The van der Waals surface area contributed by atoms with Crippen LogP contribution in [0.5, 0.6) is 0 Å². The van der Waals surface area contributed by atoms with Crippen LogP contribution in [0.25, 0.3) is 0 Å². The average molecular weight is 313 g/mol. The zero-order valence-electron chi connectivity index (χ0n) is 15.0. The van der Waals surface area contributed by atoms with E-state index in [4.69, 9.17) is 5.73 Å². The van der Waals surface area contributed by atoms with Crippen molar-refractivity contribution in [2.75, 3.05) is 0 Å². The van der Waals surface area contributed by atoms with Crippen molar-refractivity contribution in [2.24, 2.45) is 21.1 Å². The molecule has 0 amide bonds. The summed E-state index contributed by atoms with van der Waals surface area (Å²) in [7, 11) is 0. The molecule has 0 heterocycles. The molecule has 0 unspecified atom stereocenters. The molecule has 0 aromatic rings. The summed E-state index contributed by atoms with van der Waals surface area (Å²) in [4.78, 5) is 20.0. The van der Waals surface area contributed by atoms with Gasteiger partial charge in [-0.05, 0) is 38.2 Å². The van der Waals surface area contributed by atoms with Gasteiger partial charge in [0.2, 0.25) is 0 Å². The molecule has 0 fully saturated rings. The van der Waals surface area contributed by atoms with Gasteiger partial charge in [-0.15, -0.1) is 0 Å². The first-order valence-electron chi connectivity index (χ1n) is 7.77. The standard InChI is InChI=1S/C19H27N3O/c1-13(12-14(2)23)21-18(22-15(3)20)16-8-7-9-17(11-10-16)19(4,5)6/h8-12H,7H2,1-6H3,(H2,20,21,22)/b13-12+. The fraction of sp³-hybridized carbons (Fsp3) is 0.421. The molecule has 23 heavy (non-hydrogen) atoms. The average Bonchev–Trinajstić information content (AvgIpc) is 2.61. The Balaban J connectivity index is 3.21. The number of nitrogens with two attached hydrogens (primary N) is 1. The van der Waals surface area contributed by atoms with Crippen molar-refractivity contribution in [2.45, 2.75) is 48.0 Å². The van der Waals surface area contributed by atoms with Crippen LogP contribution in [0.15, 0.2) is 57.2 Å². The van der Waals surface area contributed by atoms with Crippen LogP contribution in [0.2, 0.25) is 0 Å². The summed E-state index contributed by atoms with van der Waals surface area (Å²) in [6, 6.07) is 0. The number of rotatable bonds is 3. The Morgan fingerprint density at radius 3 is 2.30 bits per heavy atom. The number of carbonyl (C=O) groups excluding carboxylic acids is 1. The molecule has 0 saturated heterocycles. The van der Waals surface area contributed by atoms with E-state index in [2.05, 4.69) is 49.0 Å². The first-order chi connectivity index (χ1) is 10.6. The topological polar surface area (TPSA) is 67.8 Å². The number of aliphatic imine (C=N–C) groups is 2. The van der Waals surface area contributed by atoms with Gasteiger partial charge >= 0.3 is 0 Å². The van der Waals surface area contributed by atoms with Gasteiger partial charge in [-0.2, -0.15) is 0 Å². The summed E-state index contributed by atoms with van der Waals surface area (Å²) < 4.78 is 0. The number of allylic oxidation sites excluding steroid dienone is 6. The van der Waals surface area contributed by atoms with Crippen molar-refractivity contribution in [3.8, 4) is 0 Å².